The van der Waals surface area contributed by atoms with E-state index >= 15 is 0 Å². The van der Waals surface area contributed by atoms with Crippen LogP contribution in [0.2, 0.25) is 0 Å². The summed E-state index contributed by atoms with van der Waals surface area (Å²) < 4.78 is 18.9. The van der Waals surface area contributed by atoms with E-state index in [1.807, 2.05) is 30.3 Å². The Morgan fingerprint density at radius 1 is 1.20 bits per heavy atom. The molecule has 30 heavy (non-hydrogen) atoms. The molecule has 0 aliphatic heterocycles. The maximum absolute atomic E-state index is 13.2. The molecule has 0 radical (unpaired) electrons. The van der Waals surface area contributed by atoms with Crippen molar-refractivity contribution < 1.29 is 13.6 Å². The van der Waals surface area contributed by atoms with Crippen molar-refractivity contribution in [2.75, 3.05) is 17.2 Å². The van der Waals surface area contributed by atoms with Crippen molar-refractivity contribution in [2.24, 2.45) is 0 Å². The van der Waals surface area contributed by atoms with Crippen LogP contribution in [0, 0.1) is 17.1 Å². The summed E-state index contributed by atoms with van der Waals surface area (Å²) in [6.07, 6.45) is 1.97. The normalized spacial score (nSPS) is 10.8. The SMILES string of the molecule is N#CCCN(C(=O)CSc1nnc(-c2c[nH]c3ccccc23)o1)c1ccc(F)cc1. The lowest BCUT2D eigenvalue weighted by Gasteiger charge is -2.21. The van der Waals surface area contributed by atoms with E-state index in [1.165, 1.54) is 29.2 Å². The molecular weight excluding hydrogens is 405 g/mol. The standard InChI is InChI=1S/C21H16FN5O2S/c22-14-6-8-15(9-7-14)27(11-3-10-23)19(28)13-30-21-26-25-20(29-21)17-12-24-18-5-2-1-4-16(17)18/h1-2,4-9,12,24H,3,11,13H2. The van der Waals surface area contributed by atoms with Crippen molar-refractivity contribution in [2.45, 2.75) is 11.6 Å². The van der Waals surface area contributed by atoms with E-state index in [0.717, 1.165) is 28.2 Å². The molecule has 1 amide bonds. The Balaban J connectivity index is 1.46. The molecule has 2 aromatic carbocycles. The van der Waals surface area contributed by atoms with E-state index in [0.29, 0.717) is 11.6 Å². The third kappa shape index (κ3) is 4.18. The fraction of sp³-hybridized carbons (Fsp3) is 0.143. The number of anilines is 1. The molecule has 7 nitrogen and oxygen atoms in total. The maximum Gasteiger partial charge on any atom is 0.277 e. The molecule has 4 rings (SSSR count). The molecule has 0 saturated heterocycles. The lowest BCUT2D eigenvalue weighted by molar-refractivity contribution is -0.116. The number of benzene rings is 2. The molecule has 0 atom stereocenters. The summed E-state index contributed by atoms with van der Waals surface area (Å²) in [4.78, 5) is 17.3. The number of hydrogen-bond acceptors (Lipinski definition) is 6. The predicted octanol–water partition coefficient (Wildman–Crippen LogP) is 4.40. The molecule has 0 aliphatic carbocycles. The number of carbonyl (C=O) groups is 1. The van der Waals surface area contributed by atoms with E-state index < -0.39 is 5.82 Å². The van der Waals surface area contributed by atoms with Gasteiger partial charge in [0.25, 0.3) is 11.1 Å². The smallest absolute Gasteiger partial charge is 0.277 e. The molecule has 150 valence electrons. The lowest BCUT2D eigenvalue weighted by Crippen LogP contribution is -2.33. The Labute approximate surface area is 175 Å². The van der Waals surface area contributed by atoms with Gasteiger partial charge in [0.15, 0.2) is 0 Å². The van der Waals surface area contributed by atoms with Crippen LogP contribution in [0.5, 0.6) is 0 Å². The molecule has 0 saturated carbocycles. The van der Waals surface area contributed by atoms with Gasteiger partial charge in [-0.05, 0) is 30.3 Å². The summed E-state index contributed by atoms with van der Waals surface area (Å²) >= 11 is 1.11. The number of para-hydroxylation sites is 1. The summed E-state index contributed by atoms with van der Waals surface area (Å²) in [5, 5.41) is 18.2. The number of halogens is 1. The van der Waals surface area contributed by atoms with Gasteiger partial charge in [0.2, 0.25) is 5.91 Å². The number of hydrogen-bond donors (Lipinski definition) is 1. The molecule has 0 unspecified atom stereocenters. The van der Waals surface area contributed by atoms with Gasteiger partial charge >= 0.3 is 0 Å². The molecule has 0 bridgehead atoms. The topological polar surface area (TPSA) is 98.8 Å². The number of amides is 1. The quantitative estimate of drug-likeness (QED) is 0.444. The minimum absolute atomic E-state index is 0.0400. The molecular formula is C21H16FN5O2S. The molecule has 1 N–H and O–H groups in total. The van der Waals surface area contributed by atoms with Crippen LogP contribution in [0.4, 0.5) is 10.1 Å². The Morgan fingerprint density at radius 3 is 2.80 bits per heavy atom. The first-order valence-corrected chi connectivity index (χ1v) is 10.1. The van der Waals surface area contributed by atoms with Crippen molar-refractivity contribution in [1.82, 2.24) is 15.2 Å². The number of nitrogens with one attached hydrogen (secondary N) is 1. The molecule has 2 heterocycles. The maximum atomic E-state index is 13.2. The van der Waals surface area contributed by atoms with Crippen LogP contribution in [-0.2, 0) is 4.79 Å². The van der Waals surface area contributed by atoms with Gasteiger partial charge in [-0.3, -0.25) is 4.79 Å². The van der Waals surface area contributed by atoms with Gasteiger partial charge in [-0.15, -0.1) is 10.2 Å². The van der Waals surface area contributed by atoms with Crippen LogP contribution in [0.15, 0.2) is 64.4 Å². The zero-order valence-corrected chi connectivity index (χ0v) is 16.5. The third-order valence-corrected chi connectivity index (χ3v) is 5.24. The van der Waals surface area contributed by atoms with Crippen molar-refractivity contribution in [3.8, 4) is 17.5 Å². The average Bonchev–Trinajstić information content (AvgIpc) is 3.40. The molecule has 0 fully saturated rings. The molecule has 0 spiro atoms. The minimum atomic E-state index is -0.392. The first-order valence-electron chi connectivity index (χ1n) is 9.11. The Hall–Kier alpha value is -3.64. The van der Waals surface area contributed by atoms with Gasteiger partial charge in [0.1, 0.15) is 5.82 Å². The van der Waals surface area contributed by atoms with Crippen molar-refractivity contribution in [3.63, 3.8) is 0 Å². The van der Waals surface area contributed by atoms with E-state index in [1.54, 1.807) is 6.20 Å². The number of rotatable bonds is 7. The van der Waals surface area contributed by atoms with Gasteiger partial charge in [-0.1, -0.05) is 30.0 Å². The second kappa shape index (κ2) is 8.80. The van der Waals surface area contributed by atoms with Gasteiger partial charge in [-0.25, -0.2) is 4.39 Å². The van der Waals surface area contributed by atoms with E-state index in [9.17, 15) is 9.18 Å². The molecule has 2 aromatic heterocycles. The van der Waals surface area contributed by atoms with Crippen LogP contribution >= 0.6 is 11.8 Å². The van der Waals surface area contributed by atoms with Crippen LogP contribution < -0.4 is 4.90 Å². The van der Waals surface area contributed by atoms with Gasteiger partial charge in [-0.2, -0.15) is 5.26 Å². The summed E-state index contributed by atoms with van der Waals surface area (Å²) in [6, 6.07) is 15.4. The number of aromatic nitrogens is 3. The highest BCUT2D eigenvalue weighted by Crippen LogP contribution is 2.29. The highest BCUT2D eigenvalue weighted by atomic mass is 32.2. The van der Waals surface area contributed by atoms with Crippen LogP contribution in [0.25, 0.3) is 22.4 Å². The Kier molecular flexibility index (Phi) is 5.77. The van der Waals surface area contributed by atoms with Crippen LogP contribution in [0.3, 0.4) is 0 Å². The first-order chi connectivity index (χ1) is 14.7. The number of fused-ring (bicyclic) bond motifs is 1. The fourth-order valence-corrected chi connectivity index (χ4v) is 3.65. The zero-order valence-electron chi connectivity index (χ0n) is 15.7. The number of carbonyl (C=O) groups excluding carboxylic acids is 1. The number of nitriles is 1. The summed E-state index contributed by atoms with van der Waals surface area (Å²) in [7, 11) is 0. The van der Waals surface area contributed by atoms with E-state index in [-0.39, 0.29) is 29.8 Å². The van der Waals surface area contributed by atoms with E-state index in [4.69, 9.17) is 9.68 Å². The second-order valence-electron chi connectivity index (χ2n) is 6.34. The second-order valence-corrected chi connectivity index (χ2v) is 7.27. The van der Waals surface area contributed by atoms with Gasteiger partial charge < -0.3 is 14.3 Å². The van der Waals surface area contributed by atoms with E-state index in [2.05, 4.69) is 15.2 Å². The highest BCUT2D eigenvalue weighted by Gasteiger charge is 2.19. The van der Waals surface area contributed by atoms with Crippen molar-refractivity contribution in [1.29, 1.82) is 5.26 Å². The third-order valence-electron chi connectivity index (χ3n) is 4.43. The summed E-state index contributed by atoms with van der Waals surface area (Å²) in [6.45, 7) is 0.214. The minimum Gasteiger partial charge on any atom is -0.411 e. The van der Waals surface area contributed by atoms with Crippen LogP contribution in [0.1, 0.15) is 6.42 Å². The largest absolute Gasteiger partial charge is 0.411 e. The molecule has 0 aliphatic rings. The first kappa shape index (κ1) is 19.7. The fourth-order valence-electron chi connectivity index (χ4n) is 3.01. The van der Waals surface area contributed by atoms with Gasteiger partial charge in [0.05, 0.1) is 23.8 Å². The summed E-state index contributed by atoms with van der Waals surface area (Å²) in [5.74, 6) is -0.231. The van der Waals surface area contributed by atoms with Gasteiger partial charge in [0, 0.05) is 29.3 Å². The van der Waals surface area contributed by atoms with Crippen LogP contribution in [-0.4, -0.2) is 33.4 Å². The number of nitrogens with zero attached hydrogens (tertiary/aromatic N) is 4. The predicted molar refractivity (Wildman–Crippen MR) is 111 cm³/mol. The Bertz CT molecular complexity index is 1210. The number of thioether (sulfide) groups is 1. The Morgan fingerprint density at radius 2 is 2.00 bits per heavy atom. The average molecular weight is 421 g/mol. The summed E-state index contributed by atoms with van der Waals surface area (Å²) in [5.41, 5.74) is 2.28. The molecule has 9 heteroatoms. The lowest BCUT2D eigenvalue weighted by atomic mass is 10.2. The highest BCUT2D eigenvalue weighted by molar-refractivity contribution is 7.99. The molecule has 4 aromatic rings. The number of H-pyrrole nitrogens is 1. The number of aromatic amines is 1. The van der Waals surface area contributed by atoms with Crippen molar-refractivity contribution >= 4 is 34.3 Å². The zero-order chi connectivity index (χ0) is 20.9. The van der Waals surface area contributed by atoms with Crippen molar-refractivity contribution in [3.05, 3.63) is 60.5 Å². The monoisotopic (exact) mass is 421 g/mol.